The smallest absolute Gasteiger partial charge is 0.0708 e. The lowest BCUT2D eigenvalue weighted by Crippen LogP contribution is -1.90. The molecule has 0 atom stereocenters. The maximum atomic E-state index is 4.75. The number of hydrogen-bond acceptors (Lipinski definition) is 2. The number of para-hydroxylation sites is 1. The zero-order chi connectivity index (χ0) is 18.5. The van der Waals surface area contributed by atoms with Crippen LogP contribution in [0, 0.1) is 0 Å². The van der Waals surface area contributed by atoms with E-state index in [4.69, 9.17) is 4.98 Å². The standard InChI is InChI=1S/C26H16N2/c1-2-9-18-17(8-1)19-11-7-12-21(23-14-5-6-15-27-23)25(19)26-20-10-3-4-13-24(20)28-16-22(18)26/h1-16H. The summed E-state index contributed by atoms with van der Waals surface area (Å²) >= 11 is 0. The molecule has 28 heavy (non-hydrogen) atoms. The van der Waals surface area contributed by atoms with Crippen LogP contribution in [0.1, 0.15) is 0 Å². The van der Waals surface area contributed by atoms with Crippen molar-refractivity contribution in [3.05, 3.63) is 97.3 Å². The van der Waals surface area contributed by atoms with Gasteiger partial charge in [0, 0.05) is 39.5 Å². The summed E-state index contributed by atoms with van der Waals surface area (Å²) in [6.45, 7) is 0. The van der Waals surface area contributed by atoms with E-state index in [9.17, 15) is 0 Å². The molecule has 6 rings (SSSR count). The number of pyridine rings is 2. The topological polar surface area (TPSA) is 25.8 Å². The first-order valence-corrected chi connectivity index (χ1v) is 9.44. The SMILES string of the molecule is c1ccc(-c2cccc3c4ccccc4c4cnc5ccccc5c4c23)nc1. The second kappa shape index (κ2) is 5.86. The summed E-state index contributed by atoms with van der Waals surface area (Å²) in [6, 6.07) is 29.6. The van der Waals surface area contributed by atoms with Crippen LogP contribution in [0.3, 0.4) is 0 Å². The average molecular weight is 356 g/mol. The molecule has 0 aliphatic heterocycles. The fourth-order valence-corrected chi connectivity index (χ4v) is 4.35. The molecule has 0 N–H and O–H groups in total. The second-order valence-electron chi connectivity index (χ2n) is 7.05. The van der Waals surface area contributed by atoms with Gasteiger partial charge < -0.3 is 0 Å². The molecule has 0 aliphatic carbocycles. The van der Waals surface area contributed by atoms with Gasteiger partial charge in [0.25, 0.3) is 0 Å². The van der Waals surface area contributed by atoms with Crippen LogP contribution in [0.5, 0.6) is 0 Å². The Morgan fingerprint density at radius 3 is 2.00 bits per heavy atom. The van der Waals surface area contributed by atoms with E-state index in [0.717, 1.165) is 16.8 Å². The van der Waals surface area contributed by atoms with Gasteiger partial charge >= 0.3 is 0 Å². The Hall–Kier alpha value is -3.78. The summed E-state index contributed by atoms with van der Waals surface area (Å²) in [7, 11) is 0. The van der Waals surface area contributed by atoms with Gasteiger partial charge in [0.2, 0.25) is 0 Å². The molecule has 2 aromatic heterocycles. The highest BCUT2D eigenvalue weighted by atomic mass is 14.7. The lowest BCUT2D eigenvalue weighted by atomic mass is 9.90. The van der Waals surface area contributed by atoms with Crippen molar-refractivity contribution in [2.45, 2.75) is 0 Å². The van der Waals surface area contributed by atoms with E-state index in [2.05, 4.69) is 71.7 Å². The molecule has 2 heteroatoms. The molecule has 0 aliphatic rings. The Balaban J connectivity index is 1.98. The quantitative estimate of drug-likeness (QED) is 0.304. The molecule has 130 valence electrons. The van der Waals surface area contributed by atoms with Crippen molar-refractivity contribution in [1.29, 1.82) is 0 Å². The minimum atomic E-state index is 0.991. The molecule has 0 spiro atoms. The highest BCUT2D eigenvalue weighted by molar-refractivity contribution is 6.33. The number of hydrogen-bond donors (Lipinski definition) is 0. The second-order valence-corrected chi connectivity index (χ2v) is 7.05. The van der Waals surface area contributed by atoms with E-state index < -0.39 is 0 Å². The number of fused-ring (bicyclic) bond motifs is 8. The van der Waals surface area contributed by atoms with Crippen LogP contribution >= 0.6 is 0 Å². The summed E-state index contributed by atoms with van der Waals surface area (Å²) in [5, 5.41) is 8.60. The molecule has 0 saturated heterocycles. The minimum absolute atomic E-state index is 0.991. The van der Waals surface area contributed by atoms with Gasteiger partial charge in [-0.1, -0.05) is 66.7 Å². The first-order chi connectivity index (χ1) is 13.9. The lowest BCUT2D eigenvalue weighted by molar-refractivity contribution is 1.33. The zero-order valence-electron chi connectivity index (χ0n) is 15.1. The van der Waals surface area contributed by atoms with Crippen LogP contribution in [-0.4, -0.2) is 9.97 Å². The summed E-state index contributed by atoms with van der Waals surface area (Å²) < 4.78 is 0. The van der Waals surface area contributed by atoms with Crippen LogP contribution in [0.25, 0.3) is 54.5 Å². The maximum Gasteiger partial charge on any atom is 0.0708 e. The average Bonchev–Trinajstić information content (AvgIpc) is 2.79. The predicted octanol–water partition coefficient (Wildman–Crippen LogP) is 6.76. The van der Waals surface area contributed by atoms with Crippen molar-refractivity contribution in [2.75, 3.05) is 0 Å². The molecule has 0 saturated carbocycles. The normalized spacial score (nSPS) is 11.6. The van der Waals surface area contributed by atoms with Crippen LogP contribution in [0.4, 0.5) is 0 Å². The van der Waals surface area contributed by atoms with E-state index in [1.165, 1.54) is 37.7 Å². The highest BCUT2D eigenvalue weighted by Crippen LogP contribution is 2.41. The van der Waals surface area contributed by atoms with Crippen molar-refractivity contribution in [2.24, 2.45) is 0 Å². The number of aromatic nitrogens is 2. The van der Waals surface area contributed by atoms with Gasteiger partial charge in [0.05, 0.1) is 11.2 Å². The Labute approximate surface area is 162 Å². The summed E-state index contributed by atoms with van der Waals surface area (Å²) in [5.74, 6) is 0. The first-order valence-electron chi connectivity index (χ1n) is 9.44. The molecule has 0 unspecified atom stereocenters. The predicted molar refractivity (Wildman–Crippen MR) is 117 cm³/mol. The third-order valence-corrected chi connectivity index (χ3v) is 5.54. The van der Waals surface area contributed by atoms with Gasteiger partial charge in [-0.3, -0.25) is 9.97 Å². The number of benzene rings is 4. The lowest BCUT2D eigenvalue weighted by Gasteiger charge is -2.15. The molecular weight excluding hydrogens is 340 g/mol. The molecule has 6 aromatic rings. The van der Waals surface area contributed by atoms with Gasteiger partial charge in [-0.25, -0.2) is 0 Å². The van der Waals surface area contributed by atoms with Crippen molar-refractivity contribution < 1.29 is 0 Å². The van der Waals surface area contributed by atoms with Gasteiger partial charge in [0.15, 0.2) is 0 Å². The summed E-state index contributed by atoms with van der Waals surface area (Å²) in [4.78, 5) is 9.40. The fourth-order valence-electron chi connectivity index (χ4n) is 4.35. The van der Waals surface area contributed by atoms with Crippen molar-refractivity contribution in [3.8, 4) is 11.3 Å². The fraction of sp³-hybridized carbons (Fsp3) is 0. The Morgan fingerprint density at radius 1 is 0.464 bits per heavy atom. The van der Waals surface area contributed by atoms with E-state index in [1.54, 1.807) is 0 Å². The molecule has 0 radical (unpaired) electrons. The number of rotatable bonds is 1. The van der Waals surface area contributed by atoms with E-state index in [-0.39, 0.29) is 0 Å². The van der Waals surface area contributed by atoms with E-state index >= 15 is 0 Å². The van der Waals surface area contributed by atoms with Gasteiger partial charge in [0.1, 0.15) is 0 Å². The van der Waals surface area contributed by atoms with Gasteiger partial charge in [-0.2, -0.15) is 0 Å². The minimum Gasteiger partial charge on any atom is -0.256 e. The van der Waals surface area contributed by atoms with Gasteiger partial charge in [-0.15, -0.1) is 0 Å². The largest absolute Gasteiger partial charge is 0.256 e. The number of nitrogens with zero attached hydrogens (tertiary/aromatic N) is 2. The summed E-state index contributed by atoms with van der Waals surface area (Å²) in [5.41, 5.74) is 3.16. The molecular formula is C26H16N2. The third kappa shape index (κ3) is 2.09. The molecule has 0 fully saturated rings. The molecule has 4 aromatic carbocycles. The van der Waals surface area contributed by atoms with Crippen molar-refractivity contribution >= 4 is 43.2 Å². The Morgan fingerprint density at radius 2 is 1.18 bits per heavy atom. The Kier molecular flexibility index (Phi) is 3.20. The maximum absolute atomic E-state index is 4.75. The first kappa shape index (κ1) is 15.3. The molecule has 0 amide bonds. The molecule has 2 heterocycles. The third-order valence-electron chi connectivity index (χ3n) is 5.54. The highest BCUT2D eigenvalue weighted by Gasteiger charge is 2.15. The summed E-state index contributed by atoms with van der Waals surface area (Å²) in [6.07, 6.45) is 3.88. The molecule has 0 bridgehead atoms. The van der Waals surface area contributed by atoms with Crippen LogP contribution < -0.4 is 0 Å². The monoisotopic (exact) mass is 356 g/mol. The van der Waals surface area contributed by atoms with E-state index in [1.807, 2.05) is 30.6 Å². The van der Waals surface area contributed by atoms with E-state index in [0.29, 0.717) is 0 Å². The van der Waals surface area contributed by atoms with Gasteiger partial charge in [-0.05, 0) is 34.4 Å². The van der Waals surface area contributed by atoms with Crippen molar-refractivity contribution in [1.82, 2.24) is 9.97 Å². The zero-order valence-corrected chi connectivity index (χ0v) is 15.1. The molecule has 2 nitrogen and oxygen atoms in total. The van der Waals surface area contributed by atoms with Crippen LogP contribution in [-0.2, 0) is 0 Å². The van der Waals surface area contributed by atoms with Crippen molar-refractivity contribution in [3.63, 3.8) is 0 Å². The Bertz CT molecular complexity index is 1500. The van der Waals surface area contributed by atoms with Crippen LogP contribution in [0.2, 0.25) is 0 Å². The van der Waals surface area contributed by atoms with Crippen LogP contribution in [0.15, 0.2) is 97.3 Å².